The standard InChI is InChI=1S/C14H19NO2/c1-10(7-14(16)17)12-5-3-4-6-13(12)11-8-15(2)9-11/h3-6,10-11H,7-9H2,1-2H3,(H,16,17). The van der Waals surface area contributed by atoms with E-state index in [2.05, 4.69) is 24.1 Å². The van der Waals surface area contributed by atoms with E-state index in [-0.39, 0.29) is 12.3 Å². The molecule has 1 fully saturated rings. The van der Waals surface area contributed by atoms with E-state index in [1.165, 1.54) is 11.1 Å². The van der Waals surface area contributed by atoms with Crippen LogP contribution in [0, 0.1) is 0 Å². The molecule has 0 spiro atoms. The lowest BCUT2D eigenvalue weighted by atomic mass is 9.83. The van der Waals surface area contributed by atoms with Crippen LogP contribution in [0.25, 0.3) is 0 Å². The molecule has 1 aromatic carbocycles. The number of carboxylic acid groups (broad SMARTS) is 1. The second-order valence-electron chi connectivity index (χ2n) is 5.05. The largest absolute Gasteiger partial charge is 0.481 e. The second kappa shape index (κ2) is 4.88. The monoisotopic (exact) mass is 233 g/mol. The van der Waals surface area contributed by atoms with Crippen LogP contribution in [-0.2, 0) is 4.79 Å². The van der Waals surface area contributed by atoms with Gasteiger partial charge in [0.25, 0.3) is 0 Å². The molecule has 0 aromatic heterocycles. The smallest absolute Gasteiger partial charge is 0.303 e. The van der Waals surface area contributed by atoms with Gasteiger partial charge in [-0.2, -0.15) is 0 Å². The summed E-state index contributed by atoms with van der Waals surface area (Å²) >= 11 is 0. The Bertz CT molecular complexity index is 410. The zero-order chi connectivity index (χ0) is 12.4. The zero-order valence-electron chi connectivity index (χ0n) is 10.4. The van der Waals surface area contributed by atoms with Gasteiger partial charge < -0.3 is 10.0 Å². The molecule has 0 aliphatic carbocycles. The molecule has 1 saturated heterocycles. The van der Waals surface area contributed by atoms with E-state index in [1.807, 2.05) is 19.1 Å². The molecular formula is C14H19NO2. The topological polar surface area (TPSA) is 40.5 Å². The quantitative estimate of drug-likeness (QED) is 0.867. The number of hydrogen-bond donors (Lipinski definition) is 1. The van der Waals surface area contributed by atoms with Crippen molar-refractivity contribution in [2.24, 2.45) is 0 Å². The number of likely N-dealkylation sites (tertiary alicyclic amines) is 1. The van der Waals surface area contributed by atoms with Crippen LogP contribution >= 0.6 is 0 Å². The first-order valence-corrected chi connectivity index (χ1v) is 6.07. The van der Waals surface area contributed by atoms with Gasteiger partial charge in [-0.3, -0.25) is 4.79 Å². The minimum atomic E-state index is -0.724. The normalized spacial score (nSPS) is 18.7. The molecule has 1 N–H and O–H groups in total. The average molecular weight is 233 g/mol. The van der Waals surface area contributed by atoms with Gasteiger partial charge in [0.05, 0.1) is 6.42 Å². The Morgan fingerprint density at radius 1 is 1.47 bits per heavy atom. The van der Waals surface area contributed by atoms with Gasteiger partial charge >= 0.3 is 5.97 Å². The first kappa shape index (κ1) is 12.1. The predicted octanol–water partition coefficient (Wildman–Crippen LogP) is 2.29. The maximum Gasteiger partial charge on any atom is 0.303 e. The number of hydrogen-bond acceptors (Lipinski definition) is 2. The van der Waals surface area contributed by atoms with Crippen LogP contribution in [0.4, 0.5) is 0 Å². The van der Waals surface area contributed by atoms with Gasteiger partial charge in [-0.05, 0) is 24.1 Å². The lowest BCUT2D eigenvalue weighted by Gasteiger charge is -2.38. The molecule has 0 amide bonds. The lowest BCUT2D eigenvalue weighted by molar-refractivity contribution is -0.137. The third-order valence-corrected chi connectivity index (χ3v) is 3.51. The summed E-state index contributed by atoms with van der Waals surface area (Å²) in [7, 11) is 2.11. The summed E-state index contributed by atoms with van der Waals surface area (Å²) in [5.74, 6) is -0.0555. The summed E-state index contributed by atoms with van der Waals surface area (Å²) in [5, 5.41) is 8.88. The van der Waals surface area contributed by atoms with E-state index in [9.17, 15) is 4.79 Å². The summed E-state index contributed by atoms with van der Waals surface area (Å²) in [6, 6.07) is 8.26. The highest BCUT2D eigenvalue weighted by atomic mass is 16.4. The number of benzene rings is 1. The van der Waals surface area contributed by atoms with Gasteiger partial charge in [0.1, 0.15) is 0 Å². The molecule has 3 nitrogen and oxygen atoms in total. The third-order valence-electron chi connectivity index (χ3n) is 3.51. The predicted molar refractivity (Wildman–Crippen MR) is 67.3 cm³/mol. The molecule has 1 unspecified atom stereocenters. The maximum absolute atomic E-state index is 10.8. The van der Waals surface area contributed by atoms with Crippen LogP contribution < -0.4 is 0 Å². The molecule has 3 heteroatoms. The highest BCUT2D eigenvalue weighted by molar-refractivity contribution is 5.68. The van der Waals surface area contributed by atoms with Crippen molar-refractivity contribution in [3.05, 3.63) is 35.4 Å². The minimum absolute atomic E-state index is 0.0922. The number of likely N-dealkylation sites (N-methyl/N-ethyl adjacent to an activating group) is 1. The van der Waals surface area contributed by atoms with E-state index in [0.717, 1.165) is 13.1 Å². The zero-order valence-corrected chi connectivity index (χ0v) is 10.4. The van der Waals surface area contributed by atoms with E-state index in [0.29, 0.717) is 5.92 Å². The van der Waals surface area contributed by atoms with Gasteiger partial charge in [0.2, 0.25) is 0 Å². The number of aliphatic carboxylic acids is 1. The summed E-state index contributed by atoms with van der Waals surface area (Å²) in [4.78, 5) is 13.1. The van der Waals surface area contributed by atoms with Crippen LogP contribution in [0.1, 0.15) is 36.3 Å². The lowest BCUT2D eigenvalue weighted by Crippen LogP contribution is -2.42. The van der Waals surface area contributed by atoms with Crippen molar-refractivity contribution in [3.8, 4) is 0 Å². The van der Waals surface area contributed by atoms with Crippen molar-refractivity contribution >= 4 is 5.97 Å². The first-order valence-electron chi connectivity index (χ1n) is 6.07. The molecule has 0 bridgehead atoms. The van der Waals surface area contributed by atoms with Gasteiger partial charge in [-0.25, -0.2) is 0 Å². The fourth-order valence-corrected chi connectivity index (χ4v) is 2.60. The molecule has 92 valence electrons. The van der Waals surface area contributed by atoms with Crippen LogP contribution in [0.3, 0.4) is 0 Å². The van der Waals surface area contributed by atoms with E-state index in [1.54, 1.807) is 0 Å². The van der Waals surface area contributed by atoms with Crippen LogP contribution in [0.15, 0.2) is 24.3 Å². The Hall–Kier alpha value is -1.35. The third kappa shape index (κ3) is 2.67. The SMILES string of the molecule is CC(CC(=O)O)c1ccccc1C1CN(C)C1. The summed E-state index contributed by atoms with van der Waals surface area (Å²) in [6.45, 7) is 4.16. The van der Waals surface area contributed by atoms with Gasteiger partial charge in [-0.15, -0.1) is 0 Å². The molecule has 1 aliphatic rings. The van der Waals surface area contributed by atoms with E-state index < -0.39 is 5.97 Å². The minimum Gasteiger partial charge on any atom is -0.481 e. The Morgan fingerprint density at radius 2 is 2.12 bits per heavy atom. The molecule has 1 atom stereocenters. The molecule has 0 radical (unpaired) electrons. The Balaban J connectivity index is 2.18. The molecule has 17 heavy (non-hydrogen) atoms. The number of nitrogens with zero attached hydrogens (tertiary/aromatic N) is 1. The van der Waals surface area contributed by atoms with Crippen molar-refractivity contribution in [1.82, 2.24) is 4.90 Å². The van der Waals surface area contributed by atoms with Crippen molar-refractivity contribution in [3.63, 3.8) is 0 Å². The maximum atomic E-state index is 10.8. The number of rotatable bonds is 4. The summed E-state index contributed by atoms with van der Waals surface area (Å²) < 4.78 is 0. The molecule has 2 rings (SSSR count). The number of carbonyl (C=O) groups is 1. The Morgan fingerprint density at radius 3 is 2.71 bits per heavy atom. The van der Waals surface area contributed by atoms with Crippen LogP contribution in [0.2, 0.25) is 0 Å². The van der Waals surface area contributed by atoms with Crippen LogP contribution in [0.5, 0.6) is 0 Å². The average Bonchev–Trinajstić information content (AvgIpc) is 2.24. The Labute approximate surface area is 102 Å². The summed E-state index contributed by atoms with van der Waals surface area (Å²) in [5.41, 5.74) is 2.53. The molecule has 0 saturated carbocycles. The molecule has 1 aromatic rings. The highest BCUT2D eigenvalue weighted by Crippen LogP contribution is 2.32. The van der Waals surface area contributed by atoms with Crippen LogP contribution in [-0.4, -0.2) is 36.1 Å². The van der Waals surface area contributed by atoms with Crippen molar-refractivity contribution < 1.29 is 9.90 Å². The fourth-order valence-electron chi connectivity index (χ4n) is 2.60. The Kier molecular flexibility index (Phi) is 3.48. The van der Waals surface area contributed by atoms with Gasteiger partial charge in [-0.1, -0.05) is 31.2 Å². The van der Waals surface area contributed by atoms with Crippen molar-refractivity contribution in [1.29, 1.82) is 0 Å². The van der Waals surface area contributed by atoms with Gasteiger partial charge in [0.15, 0.2) is 0 Å². The van der Waals surface area contributed by atoms with Crippen molar-refractivity contribution in [2.75, 3.05) is 20.1 Å². The molecule has 1 aliphatic heterocycles. The molecule has 1 heterocycles. The fraction of sp³-hybridized carbons (Fsp3) is 0.500. The number of carboxylic acids is 1. The highest BCUT2D eigenvalue weighted by Gasteiger charge is 2.27. The van der Waals surface area contributed by atoms with Crippen molar-refractivity contribution in [2.45, 2.75) is 25.2 Å². The second-order valence-corrected chi connectivity index (χ2v) is 5.05. The first-order chi connectivity index (χ1) is 8.08. The van der Waals surface area contributed by atoms with Gasteiger partial charge in [0, 0.05) is 19.0 Å². The summed E-state index contributed by atoms with van der Waals surface area (Å²) in [6.07, 6.45) is 0.208. The van der Waals surface area contributed by atoms with E-state index in [4.69, 9.17) is 5.11 Å². The molecular weight excluding hydrogens is 214 g/mol. The van der Waals surface area contributed by atoms with E-state index >= 15 is 0 Å².